The summed E-state index contributed by atoms with van der Waals surface area (Å²) in [7, 11) is 1.37. The van der Waals surface area contributed by atoms with E-state index in [0.717, 1.165) is 15.7 Å². The zero-order chi connectivity index (χ0) is 56.7. The number of aliphatic imine (C=N–C) groups is 1. The number of carbonyl (C=O) groups excluding carboxylic acids is 6. The molecule has 3 aromatic carbocycles. The summed E-state index contributed by atoms with van der Waals surface area (Å²) in [6.07, 6.45) is 0.135. The smallest absolute Gasteiger partial charge is 0.317 e. The number of carboxylic acid groups (broad SMARTS) is 3. The van der Waals surface area contributed by atoms with Crippen molar-refractivity contribution in [2.24, 2.45) is 16.5 Å². The first-order valence-electron chi connectivity index (χ1n) is 25.8. The lowest BCUT2D eigenvalue weighted by Crippen LogP contribution is -2.58. The van der Waals surface area contributed by atoms with Crippen molar-refractivity contribution in [3.8, 4) is 5.75 Å². The molecule has 2 aliphatic heterocycles. The summed E-state index contributed by atoms with van der Waals surface area (Å²) >= 11 is 0. The predicted octanol–water partition coefficient (Wildman–Crippen LogP) is -2.83. The highest BCUT2D eigenvalue weighted by Gasteiger charge is 2.36. The second-order valence-electron chi connectivity index (χ2n) is 19.4. The second-order valence-corrected chi connectivity index (χ2v) is 19.4. The molecule has 2 fully saturated rings. The third kappa shape index (κ3) is 20.9. The maximum absolute atomic E-state index is 14.7. The Labute approximate surface area is 451 Å². The number of aromatic hydroxyl groups is 1. The van der Waals surface area contributed by atoms with Gasteiger partial charge in [-0.3, -0.25) is 67.7 Å². The highest BCUT2D eigenvalue weighted by Crippen LogP contribution is 2.19. The summed E-state index contributed by atoms with van der Waals surface area (Å²) in [5.41, 5.74) is 12.4. The Kier molecular flexibility index (Phi) is 24.0. The van der Waals surface area contributed by atoms with Crippen molar-refractivity contribution in [1.82, 2.24) is 51.1 Å². The van der Waals surface area contributed by atoms with Gasteiger partial charge < -0.3 is 63.4 Å². The summed E-state index contributed by atoms with van der Waals surface area (Å²) in [5.74, 6) is -7.61. The van der Waals surface area contributed by atoms with Crippen LogP contribution in [0.3, 0.4) is 0 Å². The van der Waals surface area contributed by atoms with Crippen LogP contribution >= 0.6 is 0 Å². The Morgan fingerprint density at radius 2 is 1.14 bits per heavy atom. The molecule has 0 bridgehead atoms. The molecule has 3 aromatic rings. The van der Waals surface area contributed by atoms with Gasteiger partial charge in [0.1, 0.15) is 29.9 Å². The summed E-state index contributed by atoms with van der Waals surface area (Å²) in [4.78, 5) is 132. The van der Waals surface area contributed by atoms with Crippen LogP contribution in [-0.4, -0.2) is 234 Å². The standard InChI is InChI=1S/C52H73N13O13/c1-61-42(9-5-16-55-44(68)30-62-18-20-63(31-45(69)70)22-24-65(33-47(73)74)25-23-64(21-19-62)32-46(71)72)50(77)59-39(8-4-17-56-52(53)54)49(76)60-40(28-35-10-13-36-6-2-3-7-37(36)26-35)48(75)57-29-43(67)58-41(51(61)78)27-34-11-14-38(66)15-12-34/h2-3,6-7,10-15,26,39-42,66H,4-5,8-9,16-25,27-33H2,1H3,(H,55,68)(H,57,75)(H,58,67)(H,59,77)(H,60,76)(H,69,70)(H,71,72)(H,73,74)(H4,53,54,56)/t39-,40?,41+,42+/m0/s1. The molecule has 424 valence electrons. The van der Waals surface area contributed by atoms with E-state index >= 15 is 0 Å². The topological polar surface area (TPSA) is 375 Å². The molecule has 0 aromatic heterocycles. The Bertz CT molecular complexity index is 2570. The third-order valence-corrected chi connectivity index (χ3v) is 13.4. The third-order valence-electron chi connectivity index (χ3n) is 13.4. The van der Waals surface area contributed by atoms with E-state index in [1.165, 1.54) is 19.2 Å². The van der Waals surface area contributed by atoms with E-state index in [1.54, 1.807) is 31.7 Å². The van der Waals surface area contributed by atoms with Crippen LogP contribution < -0.4 is 38.1 Å². The van der Waals surface area contributed by atoms with Gasteiger partial charge in [0.2, 0.25) is 35.4 Å². The molecule has 4 atom stereocenters. The van der Waals surface area contributed by atoms with Gasteiger partial charge in [0, 0.05) is 85.3 Å². The average molecular weight is 1090 g/mol. The van der Waals surface area contributed by atoms with Crippen molar-refractivity contribution in [2.75, 3.05) is 105 Å². The number of fused-ring (bicyclic) bond motifs is 1. The van der Waals surface area contributed by atoms with Crippen LogP contribution in [-0.2, 0) is 56.0 Å². The first-order valence-corrected chi connectivity index (χ1v) is 25.8. The number of hydrogen-bond donors (Lipinski definition) is 11. The van der Waals surface area contributed by atoms with Gasteiger partial charge in [-0.2, -0.15) is 0 Å². The van der Waals surface area contributed by atoms with Gasteiger partial charge in [-0.25, -0.2) is 0 Å². The number of nitrogens with one attached hydrogen (secondary N) is 5. The van der Waals surface area contributed by atoms with Crippen molar-refractivity contribution in [2.45, 2.75) is 62.7 Å². The highest BCUT2D eigenvalue weighted by molar-refractivity contribution is 5.97. The van der Waals surface area contributed by atoms with Gasteiger partial charge in [0.05, 0.1) is 32.7 Å². The monoisotopic (exact) mass is 1090 g/mol. The summed E-state index contributed by atoms with van der Waals surface area (Å²) in [5, 5.41) is 54.3. The molecule has 2 saturated heterocycles. The number of nitrogens with two attached hydrogens (primary N) is 2. The highest BCUT2D eigenvalue weighted by atomic mass is 16.4. The molecule has 13 N–H and O–H groups in total. The fourth-order valence-electron chi connectivity index (χ4n) is 9.19. The molecule has 2 aliphatic rings. The molecule has 6 amide bonds. The zero-order valence-corrected chi connectivity index (χ0v) is 43.8. The van der Waals surface area contributed by atoms with Gasteiger partial charge in [-0.05, 0) is 59.7 Å². The number of carboxylic acids is 3. The summed E-state index contributed by atoms with van der Waals surface area (Å²) in [6.45, 7) is -0.0975. The molecule has 0 aliphatic carbocycles. The molecule has 5 rings (SSSR count). The van der Waals surface area contributed by atoms with Crippen LogP contribution in [0.25, 0.3) is 10.8 Å². The maximum atomic E-state index is 14.7. The van der Waals surface area contributed by atoms with Crippen LogP contribution in [0.4, 0.5) is 0 Å². The minimum Gasteiger partial charge on any atom is -0.508 e. The Balaban J connectivity index is 1.38. The van der Waals surface area contributed by atoms with E-state index in [-0.39, 0.29) is 142 Å². The average Bonchev–Trinajstić information content (AvgIpc) is 3.38. The fraction of sp³-hybridized carbons (Fsp3) is 0.500. The largest absolute Gasteiger partial charge is 0.508 e. The Hall–Kier alpha value is -7.94. The minimum atomic E-state index is -1.30. The number of phenols is 1. The molecular weight excluding hydrogens is 1010 g/mol. The minimum absolute atomic E-state index is 0.00310. The number of amides is 6. The van der Waals surface area contributed by atoms with Gasteiger partial charge in [0.25, 0.3) is 0 Å². The number of aliphatic carboxylic acids is 3. The van der Waals surface area contributed by atoms with Gasteiger partial charge in [-0.15, -0.1) is 0 Å². The molecule has 2 heterocycles. The van der Waals surface area contributed by atoms with E-state index in [0.29, 0.717) is 11.1 Å². The number of phenolic OH excluding ortho intramolecular Hbond substituents is 1. The summed E-state index contributed by atoms with van der Waals surface area (Å²) in [6, 6.07) is 14.0. The quantitative estimate of drug-likeness (QED) is 0.0309. The number of carbonyl (C=O) groups is 9. The van der Waals surface area contributed by atoms with Crippen LogP contribution in [0, 0.1) is 0 Å². The van der Waals surface area contributed by atoms with Gasteiger partial charge in [0.15, 0.2) is 5.96 Å². The van der Waals surface area contributed by atoms with E-state index in [9.17, 15) is 63.6 Å². The fourth-order valence-corrected chi connectivity index (χ4v) is 9.19. The van der Waals surface area contributed by atoms with E-state index in [1.807, 2.05) is 42.5 Å². The normalized spacial score (nSPS) is 20.6. The van der Waals surface area contributed by atoms with Crippen molar-refractivity contribution in [3.63, 3.8) is 0 Å². The van der Waals surface area contributed by atoms with E-state index < -0.39 is 84.1 Å². The molecule has 0 radical (unpaired) electrons. The first-order chi connectivity index (χ1) is 37.2. The number of nitrogens with zero attached hydrogens (tertiary/aromatic N) is 6. The number of guanidine groups is 1. The second kappa shape index (κ2) is 30.7. The Morgan fingerprint density at radius 1 is 0.615 bits per heavy atom. The molecule has 26 heteroatoms. The lowest BCUT2D eigenvalue weighted by Gasteiger charge is -2.33. The van der Waals surface area contributed by atoms with Gasteiger partial charge >= 0.3 is 17.9 Å². The van der Waals surface area contributed by atoms with Crippen molar-refractivity contribution in [3.05, 3.63) is 77.9 Å². The van der Waals surface area contributed by atoms with Crippen LogP contribution in [0.1, 0.15) is 36.8 Å². The first kappa shape index (κ1) is 60.9. The molecule has 0 saturated carbocycles. The molecular formula is C52H73N13O13. The van der Waals surface area contributed by atoms with Crippen LogP contribution in [0.2, 0.25) is 0 Å². The molecule has 26 nitrogen and oxygen atoms in total. The van der Waals surface area contributed by atoms with E-state index in [2.05, 4.69) is 31.6 Å². The number of rotatable bonds is 20. The zero-order valence-electron chi connectivity index (χ0n) is 43.8. The lowest BCUT2D eigenvalue weighted by atomic mass is 10.00. The maximum Gasteiger partial charge on any atom is 0.317 e. The SMILES string of the molecule is CN1C(=O)[C@@H](Cc2ccc(O)cc2)NC(=O)CNC(=O)C(Cc2ccc3ccccc3c2)NC(=O)[C@H](CCCN=C(N)N)NC(=O)[C@H]1CCCNC(=O)CN1CCN(CC(=O)O)CCN(CC(=O)O)CCN(CC(=O)O)CC1. The van der Waals surface area contributed by atoms with Crippen molar-refractivity contribution >= 4 is 70.1 Å². The predicted molar refractivity (Wildman–Crippen MR) is 286 cm³/mol. The lowest BCUT2D eigenvalue weighted by molar-refractivity contribution is -0.142. The Morgan fingerprint density at radius 3 is 1.71 bits per heavy atom. The molecule has 1 unspecified atom stereocenters. The van der Waals surface area contributed by atoms with Crippen molar-refractivity contribution < 1.29 is 63.6 Å². The molecule has 78 heavy (non-hydrogen) atoms. The van der Waals surface area contributed by atoms with E-state index in [4.69, 9.17) is 11.5 Å². The molecule has 0 spiro atoms. The van der Waals surface area contributed by atoms with Crippen LogP contribution in [0.15, 0.2) is 71.7 Å². The van der Waals surface area contributed by atoms with Crippen molar-refractivity contribution in [1.29, 1.82) is 0 Å². The summed E-state index contributed by atoms with van der Waals surface area (Å²) < 4.78 is 0. The van der Waals surface area contributed by atoms with Gasteiger partial charge in [-0.1, -0.05) is 54.6 Å². The van der Waals surface area contributed by atoms with Crippen LogP contribution in [0.5, 0.6) is 5.75 Å². The number of hydrogen-bond acceptors (Lipinski definition) is 15. The number of likely N-dealkylation sites (N-methyl/N-ethyl adjacent to an activating group) is 1. The number of benzene rings is 3.